The van der Waals surface area contributed by atoms with Gasteiger partial charge in [0.05, 0.1) is 18.7 Å². The molecule has 0 fully saturated rings. The lowest BCUT2D eigenvalue weighted by atomic mass is 10.0. The first-order valence-electron chi connectivity index (χ1n) is 9.32. The van der Waals surface area contributed by atoms with Crippen LogP contribution in [0.1, 0.15) is 18.1 Å². The van der Waals surface area contributed by atoms with E-state index in [0.29, 0.717) is 22.0 Å². The summed E-state index contributed by atoms with van der Waals surface area (Å²) in [7, 11) is 1.51. The van der Waals surface area contributed by atoms with E-state index in [2.05, 4.69) is 10.6 Å². The molecule has 0 atom stereocenters. The number of benzene rings is 2. The van der Waals surface area contributed by atoms with Gasteiger partial charge in [0.2, 0.25) is 5.91 Å². The summed E-state index contributed by atoms with van der Waals surface area (Å²) in [6, 6.07) is 12.0. The molecule has 1 aliphatic heterocycles. The molecule has 0 saturated heterocycles. The molecule has 0 saturated carbocycles. The highest BCUT2D eigenvalue weighted by Gasteiger charge is 2.39. The number of nitrogens with one attached hydrogen (secondary N) is 2. The number of methoxy groups -OCH3 is 1. The molecular formula is C22H22ClN3O4. The highest BCUT2D eigenvalue weighted by molar-refractivity contribution is 6.36. The molecule has 1 aliphatic rings. The molecule has 0 aliphatic carbocycles. The molecule has 2 aromatic rings. The Hall–Kier alpha value is -3.16. The summed E-state index contributed by atoms with van der Waals surface area (Å²) >= 11 is 6.11. The molecule has 0 aromatic heterocycles. The maximum atomic E-state index is 13.1. The summed E-state index contributed by atoms with van der Waals surface area (Å²) in [6.07, 6.45) is 0. The van der Waals surface area contributed by atoms with Gasteiger partial charge in [-0.15, -0.1) is 0 Å². The Labute approximate surface area is 179 Å². The van der Waals surface area contributed by atoms with Gasteiger partial charge in [0.1, 0.15) is 5.70 Å². The lowest BCUT2D eigenvalue weighted by molar-refractivity contribution is -0.137. The number of hydrogen-bond acceptors (Lipinski definition) is 5. The zero-order chi connectivity index (χ0) is 21.8. The maximum Gasteiger partial charge on any atom is 0.278 e. The molecule has 2 aromatic carbocycles. The van der Waals surface area contributed by atoms with Crippen LogP contribution in [0.3, 0.4) is 0 Å². The standard InChI is InChI=1S/C22H22ClN3O4/c1-13-4-7-16(23)12-18(13)25-20-19(21(28)26(22(20)29)10-11-30-3)15-5-8-17(9-6-15)24-14(2)27/h4-9,12,25H,10-11H2,1-3H3,(H,24,27). The highest BCUT2D eigenvalue weighted by atomic mass is 35.5. The lowest BCUT2D eigenvalue weighted by Crippen LogP contribution is -2.35. The van der Waals surface area contributed by atoms with Crippen LogP contribution in [0.2, 0.25) is 5.02 Å². The molecule has 2 N–H and O–H groups in total. The van der Waals surface area contributed by atoms with Crippen LogP contribution >= 0.6 is 11.6 Å². The molecule has 1 heterocycles. The molecule has 0 bridgehead atoms. The second-order valence-electron chi connectivity index (χ2n) is 6.85. The van der Waals surface area contributed by atoms with E-state index in [9.17, 15) is 14.4 Å². The smallest absolute Gasteiger partial charge is 0.278 e. The van der Waals surface area contributed by atoms with Crippen molar-refractivity contribution in [1.82, 2.24) is 4.90 Å². The molecule has 7 nitrogen and oxygen atoms in total. The van der Waals surface area contributed by atoms with Crippen LogP contribution in [0.15, 0.2) is 48.2 Å². The summed E-state index contributed by atoms with van der Waals surface area (Å²) in [6.45, 7) is 3.67. The Morgan fingerprint density at radius 3 is 2.43 bits per heavy atom. The van der Waals surface area contributed by atoms with E-state index in [4.69, 9.17) is 16.3 Å². The number of aryl methyl sites for hydroxylation is 1. The van der Waals surface area contributed by atoms with Gasteiger partial charge in [-0.3, -0.25) is 19.3 Å². The predicted molar refractivity (Wildman–Crippen MR) is 116 cm³/mol. The highest BCUT2D eigenvalue weighted by Crippen LogP contribution is 2.32. The summed E-state index contributed by atoms with van der Waals surface area (Å²) in [4.78, 5) is 38.6. The summed E-state index contributed by atoms with van der Waals surface area (Å²) < 4.78 is 5.04. The van der Waals surface area contributed by atoms with Gasteiger partial charge in [-0.1, -0.05) is 29.8 Å². The first-order chi connectivity index (χ1) is 14.3. The second-order valence-corrected chi connectivity index (χ2v) is 7.28. The summed E-state index contributed by atoms with van der Waals surface area (Å²) in [5.41, 5.74) is 3.10. The van der Waals surface area contributed by atoms with Crippen molar-refractivity contribution < 1.29 is 19.1 Å². The molecule has 0 radical (unpaired) electrons. The number of hydrogen-bond donors (Lipinski definition) is 2. The largest absolute Gasteiger partial charge is 0.383 e. The molecule has 0 unspecified atom stereocenters. The zero-order valence-corrected chi connectivity index (χ0v) is 17.7. The van der Waals surface area contributed by atoms with Crippen LogP contribution in [0.25, 0.3) is 5.57 Å². The van der Waals surface area contributed by atoms with Crippen molar-refractivity contribution in [1.29, 1.82) is 0 Å². The van der Waals surface area contributed by atoms with Crippen LogP contribution in [-0.2, 0) is 19.1 Å². The molecule has 3 rings (SSSR count). The van der Waals surface area contributed by atoms with E-state index in [1.165, 1.54) is 14.0 Å². The van der Waals surface area contributed by atoms with Crippen LogP contribution in [0.5, 0.6) is 0 Å². The Bertz CT molecular complexity index is 1030. The number of imide groups is 1. The summed E-state index contributed by atoms with van der Waals surface area (Å²) in [5, 5.41) is 6.30. The first-order valence-corrected chi connectivity index (χ1v) is 9.70. The fourth-order valence-electron chi connectivity index (χ4n) is 3.13. The monoisotopic (exact) mass is 427 g/mol. The molecule has 0 spiro atoms. The average Bonchev–Trinajstić information content (AvgIpc) is 2.93. The van der Waals surface area contributed by atoms with Crippen molar-refractivity contribution in [3.63, 3.8) is 0 Å². The Balaban J connectivity index is 2.04. The van der Waals surface area contributed by atoms with Crippen LogP contribution in [0.4, 0.5) is 11.4 Å². The van der Waals surface area contributed by atoms with Crippen LogP contribution < -0.4 is 10.6 Å². The Morgan fingerprint density at radius 1 is 1.10 bits per heavy atom. The number of carbonyl (C=O) groups is 3. The third kappa shape index (κ3) is 4.53. The first kappa shape index (κ1) is 21.5. The van der Waals surface area contributed by atoms with E-state index in [-0.39, 0.29) is 30.3 Å². The minimum absolute atomic E-state index is 0.140. The SMILES string of the molecule is COCCN1C(=O)C(Nc2cc(Cl)ccc2C)=C(c2ccc(NC(C)=O)cc2)C1=O. The third-order valence-electron chi connectivity index (χ3n) is 4.64. The lowest BCUT2D eigenvalue weighted by Gasteiger charge is -2.15. The summed E-state index contributed by atoms with van der Waals surface area (Å²) in [5.74, 6) is -1.04. The van der Waals surface area contributed by atoms with Gasteiger partial charge in [0, 0.05) is 30.4 Å². The van der Waals surface area contributed by atoms with Crippen molar-refractivity contribution in [3.05, 3.63) is 64.3 Å². The number of ether oxygens (including phenoxy) is 1. The second kappa shape index (κ2) is 9.11. The molecule has 3 amide bonds. The molecule has 8 heteroatoms. The number of rotatable bonds is 7. The van der Waals surface area contributed by atoms with Crippen molar-refractivity contribution in [2.75, 3.05) is 30.9 Å². The molecule has 156 valence electrons. The fourth-order valence-corrected chi connectivity index (χ4v) is 3.30. The van der Waals surface area contributed by atoms with Gasteiger partial charge in [-0.2, -0.15) is 0 Å². The molecular weight excluding hydrogens is 406 g/mol. The zero-order valence-electron chi connectivity index (χ0n) is 16.9. The minimum Gasteiger partial charge on any atom is -0.383 e. The quantitative estimate of drug-likeness (QED) is 0.661. The van der Waals surface area contributed by atoms with Crippen LogP contribution in [0, 0.1) is 6.92 Å². The number of anilines is 2. The van der Waals surface area contributed by atoms with E-state index in [1.54, 1.807) is 36.4 Å². The fraction of sp³-hybridized carbons (Fsp3) is 0.227. The number of nitrogens with zero attached hydrogens (tertiary/aromatic N) is 1. The van der Waals surface area contributed by atoms with E-state index in [1.807, 2.05) is 13.0 Å². The van der Waals surface area contributed by atoms with Gasteiger partial charge < -0.3 is 15.4 Å². The number of halogens is 1. The Morgan fingerprint density at radius 2 is 1.80 bits per heavy atom. The van der Waals surface area contributed by atoms with Crippen molar-refractivity contribution in [2.24, 2.45) is 0 Å². The minimum atomic E-state index is -0.433. The average molecular weight is 428 g/mol. The van der Waals surface area contributed by atoms with E-state index >= 15 is 0 Å². The number of amides is 3. The van der Waals surface area contributed by atoms with Gasteiger partial charge in [0.15, 0.2) is 0 Å². The van der Waals surface area contributed by atoms with Gasteiger partial charge >= 0.3 is 0 Å². The van der Waals surface area contributed by atoms with Crippen LogP contribution in [-0.4, -0.2) is 42.9 Å². The maximum absolute atomic E-state index is 13.1. The van der Waals surface area contributed by atoms with Crippen molar-refractivity contribution in [3.8, 4) is 0 Å². The Kier molecular flexibility index (Phi) is 6.54. The molecule has 30 heavy (non-hydrogen) atoms. The number of carbonyl (C=O) groups excluding carboxylic acids is 3. The topological polar surface area (TPSA) is 87.7 Å². The van der Waals surface area contributed by atoms with Gasteiger partial charge in [0.25, 0.3) is 11.8 Å². The van der Waals surface area contributed by atoms with Gasteiger partial charge in [-0.25, -0.2) is 0 Å². The van der Waals surface area contributed by atoms with E-state index < -0.39 is 11.8 Å². The van der Waals surface area contributed by atoms with Crippen molar-refractivity contribution >= 4 is 46.3 Å². The van der Waals surface area contributed by atoms with E-state index in [0.717, 1.165) is 10.5 Å². The third-order valence-corrected chi connectivity index (χ3v) is 4.88. The predicted octanol–water partition coefficient (Wildman–Crippen LogP) is 3.45. The normalized spacial score (nSPS) is 13.8. The van der Waals surface area contributed by atoms with Gasteiger partial charge in [-0.05, 0) is 42.3 Å². The van der Waals surface area contributed by atoms with Crippen molar-refractivity contribution in [2.45, 2.75) is 13.8 Å².